The minimum Gasteiger partial charge on any atom is -0.299 e. The molecule has 2 heterocycles. The van der Waals surface area contributed by atoms with Gasteiger partial charge in [-0.3, -0.25) is 9.67 Å². The minimum atomic E-state index is 0.625. The molecule has 0 amide bonds. The Bertz CT molecular complexity index is 565. The number of hydrogen-bond acceptors (Lipinski definition) is 4. The van der Waals surface area contributed by atoms with E-state index in [2.05, 4.69) is 36.0 Å². The first kappa shape index (κ1) is 13.4. The van der Waals surface area contributed by atoms with Gasteiger partial charge in [0.15, 0.2) is 10.6 Å². The molecule has 6 heteroatoms. The maximum absolute atomic E-state index is 5.24. The van der Waals surface area contributed by atoms with Crippen LogP contribution in [0.1, 0.15) is 32.2 Å². The summed E-state index contributed by atoms with van der Waals surface area (Å²) < 4.78 is 2.73. The normalized spacial score (nSPS) is 11.3. The molecule has 0 bridgehead atoms. The van der Waals surface area contributed by atoms with Crippen LogP contribution >= 0.6 is 23.6 Å². The lowest BCUT2D eigenvalue weighted by Crippen LogP contribution is -1.98. The number of nitrogens with zero attached hydrogens (tertiary/aromatic N) is 3. The lowest BCUT2D eigenvalue weighted by Gasteiger charge is -2.02. The smallest absolute Gasteiger partial charge is 0.195 e. The van der Waals surface area contributed by atoms with Crippen molar-refractivity contribution in [3.63, 3.8) is 0 Å². The summed E-state index contributed by atoms with van der Waals surface area (Å²) in [5, 5.41) is 8.34. The van der Waals surface area contributed by atoms with E-state index in [-0.39, 0.29) is 0 Å². The summed E-state index contributed by atoms with van der Waals surface area (Å²) in [5.74, 6) is 1.54. The van der Waals surface area contributed by atoms with Crippen LogP contribution in [0.5, 0.6) is 0 Å². The molecular weight excluding hydrogens is 264 g/mol. The van der Waals surface area contributed by atoms with Crippen LogP contribution < -0.4 is 0 Å². The van der Waals surface area contributed by atoms with Crippen molar-refractivity contribution in [2.24, 2.45) is 5.92 Å². The van der Waals surface area contributed by atoms with Gasteiger partial charge in [-0.15, -0.1) is 11.3 Å². The Morgan fingerprint density at radius 1 is 1.50 bits per heavy atom. The van der Waals surface area contributed by atoms with Gasteiger partial charge in [-0.2, -0.15) is 5.10 Å². The maximum Gasteiger partial charge on any atom is 0.195 e. The summed E-state index contributed by atoms with van der Waals surface area (Å²) in [4.78, 5) is 5.55. The van der Waals surface area contributed by atoms with E-state index in [4.69, 9.17) is 12.2 Å². The quantitative estimate of drug-likeness (QED) is 0.851. The van der Waals surface area contributed by atoms with E-state index in [9.17, 15) is 0 Å². The number of nitrogens with one attached hydrogen (secondary N) is 1. The molecule has 0 saturated carbocycles. The molecular formula is C12H18N4S2. The molecule has 0 aliphatic heterocycles. The molecule has 0 aliphatic rings. The number of H-pyrrole nitrogens is 1. The zero-order valence-electron chi connectivity index (χ0n) is 10.9. The summed E-state index contributed by atoms with van der Waals surface area (Å²) in [6, 6.07) is 0. The number of thiazole rings is 1. The molecule has 0 spiro atoms. The molecule has 2 aromatic heterocycles. The lowest BCUT2D eigenvalue weighted by molar-refractivity contribution is 0.644. The first-order valence-electron chi connectivity index (χ1n) is 6.22. The maximum atomic E-state index is 5.24. The van der Waals surface area contributed by atoms with Crippen LogP contribution in [-0.2, 0) is 13.0 Å². The standard InChI is InChI=1S/C12H18N4S2/c1-4-5-16-11(14-15-12(16)17)9-7-13-10(18-9)6-8(2)3/h7-8H,4-6H2,1-3H3,(H,15,17). The van der Waals surface area contributed by atoms with E-state index in [0.29, 0.717) is 10.7 Å². The van der Waals surface area contributed by atoms with Crippen molar-refractivity contribution in [3.05, 3.63) is 16.0 Å². The van der Waals surface area contributed by atoms with E-state index < -0.39 is 0 Å². The Morgan fingerprint density at radius 2 is 2.28 bits per heavy atom. The van der Waals surface area contributed by atoms with E-state index >= 15 is 0 Å². The Balaban J connectivity index is 2.31. The second-order valence-electron chi connectivity index (χ2n) is 4.72. The highest BCUT2D eigenvalue weighted by Gasteiger charge is 2.12. The predicted molar refractivity (Wildman–Crippen MR) is 77.4 cm³/mol. The van der Waals surface area contributed by atoms with Crippen molar-refractivity contribution < 1.29 is 0 Å². The van der Waals surface area contributed by atoms with Crippen LogP contribution in [0.2, 0.25) is 0 Å². The third kappa shape index (κ3) is 2.87. The molecule has 0 radical (unpaired) electrons. The minimum absolute atomic E-state index is 0.625. The molecule has 2 aromatic rings. The third-order valence-corrected chi connectivity index (χ3v) is 3.89. The second kappa shape index (κ2) is 5.75. The Hall–Kier alpha value is -1.01. The Kier molecular flexibility index (Phi) is 4.29. The van der Waals surface area contributed by atoms with Gasteiger partial charge in [0, 0.05) is 19.2 Å². The van der Waals surface area contributed by atoms with Crippen LogP contribution in [0.4, 0.5) is 0 Å². The molecule has 1 N–H and O–H groups in total. The summed E-state index contributed by atoms with van der Waals surface area (Å²) in [6.07, 6.45) is 3.96. The highest BCUT2D eigenvalue weighted by molar-refractivity contribution is 7.71. The molecule has 18 heavy (non-hydrogen) atoms. The van der Waals surface area contributed by atoms with Gasteiger partial charge in [-0.1, -0.05) is 20.8 Å². The van der Waals surface area contributed by atoms with Gasteiger partial charge in [0.05, 0.1) is 9.88 Å². The molecule has 0 atom stereocenters. The topological polar surface area (TPSA) is 46.5 Å². The summed E-state index contributed by atoms with van der Waals surface area (Å²) in [5.41, 5.74) is 0. The summed E-state index contributed by atoms with van der Waals surface area (Å²) in [6.45, 7) is 7.43. The van der Waals surface area contributed by atoms with Crippen molar-refractivity contribution in [2.45, 2.75) is 40.2 Å². The van der Waals surface area contributed by atoms with Gasteiger partial charge in [-0.25, -0.2) is 4.98 Å². The zero-order chi connectivity index (χ0) is 13.1. The third-order valence-electron chi connectivity index (χ3n) is 2.56. The highest BCUT2D eigenvalue weighted by atomic mass is 32.1. The monoisotopic (exact) mass is 282 g/mol. The average Bonchev–Trinajstić information content (AvgIpc) is 2.87. The van der Waals surface area contributed by atoms with Gasteiger partial charge < -0.3 is 0 Å². The van der Waals surface area contributed by atoms with Crippen molar-refractivity contribution in [1.29, 1.82) is 0 Å². The molecule has 4 nitrogen and oxygen atoms in total. The fraction of sp³-hybridized carbons (Fsp3) is 0.583. The van der Waals surface area contributed by atoms with Crippen LogP contribution in [0.15, 0.2) is 6.20 Å². The average molecular weight is 282 g/mol. The molecule has 0 aromatic carbocycles. The van der Waals surface area contributed by atoms with Gasteiger partial charge in [0.25, 0.3) is 0 Å². The molecule has 0 saturated heterocycles. The van der Waals surface area contributed by atoms with E-state index in [1.807, 2.05) is 10.8 Å². The van der Waals surface area contributed by atoms with Gasteiger partial charge in [0.1, 0.15) is 0 Å². The summed E-state index contributed by atoms with van der Waals surface area (Å²) in [7, 11) is 0. The Morgan fingerprint density at radius 3 is 2.94 bits per heavy atom. The van der Waals surface area contributed by atoms with E-state index in [0.717, 1.165) is 35.1 Å². The molecule has 0 aliphatic carbocycles. The second-order valence-corrected chi connectivity index (χ2v) is 6.22. The van der Waals surface area contributed by atoms with E-state index in [1.165, 1.54) is 0 Å². The van der Waals surface area contributed by atoms with Gasteiger partial charge in [0.2, 0.25) is 0 Å². The molecule has 0 fully saturated rings. The molecule has 0 unspecified atom stereocenters. The fourth-order valence-corrected chi connectivity index (χ4v) is 3.15. The van der Waals surface area contributed by atoms with Crippen LogP contribution in [0.25, 0.3) is 10.7 Å². The van der Waals surface area contributed by atoms with Crippen molar-refractivity contribution in [3.8, 4) is 10.7 Å². The largest absolute Gasteiger partial charge is 0.299 e. The number of aromatic amines is 1. The fourth-order valence-electron chi connectivity index (χ4n) is 1.79. The van der Waals surface area contributed by atoms with Crippen LogP contribution in [-0.4, -0.2) is 19.7 Å². The number of hydrogen-bond donors (Lipinski definition) is 1. The molecule has 2 rings (SSSR count). The first-order chi connectivity index (χ1) is 8.61. The predicted octanol–water partition coefficient (Wildman–Crippen LogP) is 3.67. The van der Waals surface area contributed by atoms with Crippen LogP contribution in [0.3, 0.4) is 0 Å². The number of rotatable bonds is 5. The van der Waals surface area contributed by atoms with Gasteiger partial charge >= 0.3 is 0 Å². The van der Waals surface area contributed by atoms with Gasteiger partial charge in [-0.05, 0) is 24.6 Å². The Labute approximate surface area is 116 Å². The van der Waals surface area contributed by atoms with Crippen LogP contribution in [0, 0.1) is 10.7 Å². The highest BCUT2D eigenvalue weighted by Crippen LogP contribution is 2.26. The van der Waals surface area contributed by atoms with Crippen molar-refractivity contribution >= 4 is 23.6 Å². The number of aromatic nitrogens is 4. The first-order valence-corrected chi connectivity index (χ1v) is 7.44. The summed E-state index contributed by atoms with van der Waals surface area (Å²) >= 11 is 6.95. The van der Waals surface area contributed by atoms with Crippen molar-refractivity contribution in [2.75, 3.05) is 0 Å². The lowest BCUT2D eigenvalue weighted by atomic mass is 10.1. The zero-order valence-corrected chi connectivity index (χ0v) is 12.6. The molecule has 98 valence electrons. The SMILES string of the molecule is CCCn1c(-c2cnc(CC(C)C)s2)n[nH]c1=S. The van der Waals surface area contributed by atoms with Crippen molar-refractivity contribution in [1.82, 2.24) is 19.7 Å². The van der Waals surface area contributed by atoms with E-state index in [1.54, 1.807) is 11.3 Å².